The van der Waals surface area contributed by atoms with Gasteiger partial charge in [-0.05, 0) is 25.0 Å². The molecule has 1 N–H and O–H groups in total. The maximum absolute atomic E-state index is 12.4. The molecule has 0 saturated carbocycles. The van der Waals surface area contributed by atoms with Gasteiger partial charge < -0.3 is 19.5 Å². The highest BCUT2D eigenvalue weighted by Gasteiger charge is 2.38. The molecule has 1 heterocycles. The van der Waals surface area contributed by atoms with Crippen molar-refractivity contribution in [2.75, 3.05) is 19.1 Å². The van der Waals surface area contributed by atoms with E-state index in [9.17, 15) is 14.7 Å². The second-order valence-electron chi connectivity index (χ2n) is 7.15. The molecular weight excluding hydrogens is 372 g/mol. The van der Waals surface area contributed by atoms with Crippen molar-refractivity contribution in [3.8, 4) is 11.5 Å². The molecule has 0 fully saturated rings. The molecule has 0 saturated heterocycles. The van der Waals surface area contributed by atoms with Crippen molar-refractivity contribution in [1.29, 1.82) is 0 Å². The highest BCUT2D eigenvalue weighted by atomic mass is 16.5. The van der Waals surface area contributed by atoms with Crippen molar-refractivity contribution in [1.82, 2.24) is 4.90 Å². The molecule has 0 bridgehead atoms. The van der Waals surface area contributed by atoms with E-state index in [1.807, 2.05) is 37.3 Å². The summed E-state index contributed by atoms with van der Waals surface area (Å²) < 4.78 is 10.8. The van der Waals surface area contributed by atoms with Crippen LogP contribution in [-0.2, 0) is 11.3 Å². The Labute approximate surface area is 170 Å². The average molecular weight is 398 g/mol. The number of hydrogen-bond acceptors (Lipinski definition) is 4. The van der Waals surface area contributed by atoms with E-state index in [1.165, 1.54) is 26.0 Å². The number of rotatable bonds is 5. The lowest BCUT2D eigenvalue weighted by Gasteiger charge is -2.42. The van der Waals surface area contributed by atoms with Gasteiger partial charge in [-0.3, -0.25) is 9.69 Å². The van der Waals surface area contributed by atoms with Gasteiger partial charge in [-0.1, -0.05) is 30.3 Å². The Morgan fingerprint density at radius 1 is 1.14 bits per heavy atom. The summed E-state index contributed by atoms with van der Waals surface area (Å²) in [6, 6.07) is 12.4. The van der Waals surface area contributed by atoms with Crippen LogP contribution in [-0.4, -0.2) is 42.3 Å². The number of benzene rings is 2. The van der Waals surface area contributed by atoms with E-state index in [2.05, 4.69) is 0 Å². The Kier molecular flexibility index (Phi) is 5.96. The second-order valence-corrected chi connectivity index (χ2v) is 7.15. The van der Waals surface area contributed by atoms with Crippen molar-refractivity contribution < 1.29 is 24.2 Å². The molecule has 2 aromatic carbocycles. The van der Waals surface area contributed by atoms with Gasteiger partial charge in [-0.25, -0.2) is 4.79 Å². The van der Waals surface area contributed by atoms with E-state index in [1.54, 1.807) is 17.0 Å². The monoisotopic (exact) mass is 398 g/mol. The molecule has 0 aromatic heterocycles. The molecule has 29 heavy (non-hydrogen) atoms. The van der Waals surface area contributed by atoms with E-state index in [4.69, 9.17) is 9.47 Å². The zero-order valence-corrected chi connectivity index (χ0v) is 17.1. The predicted octanol–water partition coefficient (Wildman–Crippen LogP) is 4.07. The summed E-state index contributed by atoms with van der Waals surface area (Å²) in [5.41, 5.74) is 2.28. The van der Waals surface area contributed by atoms with Crippen molar-refractivity contribution in [3.05, 3.63) is 53.6 Å². The third kappa shape index (κ3) is 3.99. The molecule has 7 nitrogen and oxygen atoms in total. The second kappa shape index (κ2) is 8.43. The standard InChI is InChI=1S/C22H26N2O5/c1-14-10-18(23(22(26)27)13-16-8-6-5-7-9-16)17-11-20(28-3)21(29-4)12-19(17)24(14)15(2)25/h5-9,11-12,14,18H,10,13H2,1-4H3,(H,26,27). The summed E-state index contributed by atoms with van der Waals surface area (Å²) in [6.45, 7) is 3.69. The van der Waals surface area contributed by atoms with E-state index in [-0.39, 0.29) is 18.5 Å². The third-order valence-electron chi connectivity index (χ3n) is 5.31. The summed E-state index contributed by atoms with van der Waals surface area (Å²) in [7, 11) is 3.07. The molecule has 2 unspecified atom stereocenters. The van der Waals surface area contributed by atoms with E-state index >= 15 is 0 Å². The number of methoxy groups -OCH3 is 2. The normalized spacial score (nSPS) is 18.0. The summed E-state index contributed by atoms with van der Waals surface area (Å²) >= 11 is 0. The summed E-state index contributed by atoms with van der Waals surface area (Å²) in [5, 5.41) is 9.99. The number of carbonyl (C=O) groups is 2. The molecular formula is C22H26N2O5. The molecule has 1 aliphatic rings. The minimum absolute atomic E-state index is 0.102. The first kappa shape index (κ1) is 20.5. The molecule has 0 spiro atoms. The van der Waals surface area contributed by atoms with Gasteiger partial charge in [0, 0.05) is 31.1 Å². The molecule has 0 radical (unpaired) electrons. The van der Waals surface area contributed by atoms with Crippen molar-refractivity contribution in [3.63, 3.8) is 0 Å². The van der Waals surface area contributed by atoms with Gasteiger partial charge in [0.05, 0.1) is 25.9 Å². The number of carbonyl (C=O) groups excluding carboxylic acids is 1. The zero-order valence-electron chi connectivity index (χ0n) is 17.1. The Morgan fingerprint density at radius 3 is 2.31 bits per heavy atom. The van der Waals surface area contributed by atoms with Gasteiger partial charge in [0.2, 0.25) is 5.91 Å². The molecule has 7 heteroatoms. The number of amides is 2. The smallest absolute Gasteiger partial charge is 0.408 e. The van der Waals surface area contributed by atoms with Crippen LogP contribution in [0.25, 0.3) is 0 Å². The minimum Gasteiger partial charge on any atom is -0.493 e. The molecule has 2 amide bonds. The SMILES string of the molecule is COc1cc2c(cc1OC)N(C(C)=O)C(C)CC2N(Cc1ccccc1)C(=O)O. The summed E-state index contributed by atoms with van der Waals surface area (Å²) in [6.07, 6.45) is -0.524. The van der Waals surface area contributed by atoms with Crippen LogP contribution in [0.3, 0.4) is 0 Å². The van der Waals surface area contributed by atoms with Crippen LogP contribution in [0.5, 0.6) is 11.5 Å². The first-order valence-electron chi connectivity index (χ1n) is 9.46. The molecule has 1 aliphatic heterocycles. The molecule has 0 aliphatic carbocycles. The van der Waals surface area contributed by atoms with Gasteiger partial charge in [0.1, 0.15) is 0 Å². The Balaban J connectivity index is 2.12. The van der Waals surface area contributed by atoms with Gasteiger partial charge in [-0.2, -0.15) is 0 Å². The van der Waals surface area contributed by atoms with Crippen molar-refractivity contribution in [2.45, 2.75) is 38.9 Å². The fourth-order valence-corrected chi connectivity index (χ4v) is 4.02. The highest BCUT2D eigenvalue weighted by molar-refractivity contribution is 5.94. The molecule has 3 rings (SSSR count). The van der Waals surface area contributed by atoms with Crippen molar-refractivity contribution in [2.24, 2.45) is 0 Å². The molecule has 2 atom stereocenters. The average Bonchev–Trinajstić information content (AvgIpc) is 2.70. The Bertz CT molecular complexity index is 900. The van der Waals surface area contributed by atoms with E-state index in [0.717, 1.165) is 11.1 Å². The quantitative estimate of drug-likeness (QED) is 0.821. The van der Waals surface area contributed by atoms with Gasteiger partial charge in [0.25, 0.3) is 0 Å². The molecule has 154 valence electrons. The molecule has 2 aromatic rings. The number of fused-ring (bicyclic) bond motifs is 1. The summed E-state index contributed by atoms with van der Waals surface area (Å²) in [4.78, 5) is 27.7. The van der Waals surface area contributed by atoms with Crippen LogP contribution in [0, 0.1) is 0 Å². The lowest BCUT2D eigenvalue weighted by Crippen LogP contribution is -2.46. The third-order valence-corrected chi connectivity index (χ3v) is 5.31. The van der Waals surface area contributed by atoms with Crippen LogP contribution in [0.1, 0.15) is 37.4 Å². The Hall–Kier alpha value is -3.22. The maximum atomic E-state index is 12.4. The number of anilines is 1. The lowest BCUT2D eigenvalue weighted by molar-refractivity contribution is -0.117. The van der Waals surface area contributed by atoms with Gasteiger partial charge in [-0.15, -0.1) is 0 Å². The van der Waals surface area contributed by atoms with E-state index < -0.39 is 12.1 Å². The number of hydrogen-bond donors (Lipinski definition) is 1. The summed E-state index contributed by atoms with van der Waals surface area (Å²) in [5.74, 6) is 0.893. The Morgan fingerprint density at radius 2 is 1.76 bits per heavy atom. The largest absolute Gasteiger partial charge is 0.493 e. The van der Waals surface area contributed by atoms with E-state index in [0.29, 0.717) is 23.6 Å². The van der Waals surface area contributed by atoms with Crippen LogP contribution >= 0.6 is 0 Å². The van der Waals surface area contributed by atoms with Crippen LogP contribution in [0.2, 0.25) is 0 Å². The highest BCUT2D eigenvalue weighted by Crippen LogP contribution is 2.46. The first-order valence-corrected chi connectivity index (χ1v) is 9.46. The fourth-order valence-electron chi connectivity index (χ4n) is 4.02. The zero-order chi connectivity index (χ0) is 21.1. The predicted molar refractivity (Wildman–Crippen MR) is 110 cm³/mol. The maximum Gasteiger partial charge on any atom is 0.408 e. The first-order chi connectivity index (χ1) is 13.9. The lowest BCUT2D eigenvalue weighted by atomic mass is 9.89. The van der Waals surface area contributed by atoms with Crippen LogP contribution < -0.4 is 14.4 Å². The van der Waals surface area contributed by atoms with Gasteiger partial charge >= 0.3 is 6.09 Å². The van der Waals surface area contributed by atoms with Gasteiger partial charge in [0.15, 0.2) is 11.5 Å². The number of ether oxygens (including phenoxy) is 2. The fraction of sp³-hybridized carbons (Fsp3) is 0.364. The topological polar surface area (TPSA) is 79.3 Å². The van der Waals surface area contributed by atoms with Crippen LogP contribution in [0.4, 0.5) is 10.5 Å². The van der Waals surface area contributed by atoms with Crippen molar-refractivity contribution >= 4 is 17.7 Å². The minimum atomic E-state index is -1.01. The number of nitrogens with zero attached hydrogens (tertiary/aromatic N) is 2. The van der Waals surface area contributed by atoms with Crippen LogP contribution in [0.15, 0.2) is 42.5 Å². The number of carboxylic acid groups (broad SMARTS) is 1.